The summed E-state index contributed by atoms with van der Waals surface area (Å²) in [6.07, 6.45) is 1.51. The van der Waals surface area contributed by atoms with Gasteiger partial charge in [0.25, 0.3) is 5.56 Å². The van der Waals surface area contributed by atoms with Gasteiger partial charge >= 0.3 is 0 Å². The minimum absolute atomic E-state index is 0.142. The number of methoxy groups -OCH3 is 1. The van der Waals surface area contributed by atoms with Gasteiger partial charge in [-0.3, -0.25) is 4.79 Å². The van der Waals surface area contributed by atoms with E-state index in [0.717, 1.165) is 0 Å². The van der Waals surface area contributed by atoms with E-state index in [2.05, 4.69) is 9.97 Å². The maximum atomic E-state index is 11.6. The standard InChI is InChI=1S/C9H8ClN3O2/c1-13-6-4-11-9(10)12-5(6)3-7(15-2)8(13)14/h3-4H,1-2H3. The summed E-state index contributed by atoms with van der Waals surface area (Å²) in [5.41, 5.74) is 0.968. The molecule has 0 saturated heterocycles. The van der Waals surface area contributed by atoms with Crippen molar-refractivity contribution < 1.29 is 4.74 Å². The number of aryl methyl sites for hydroxylation is 1. The number of aromatic nitrogens is 3. The average molecular weight is 226 g/mol. The molecule has 0 bridgehead atoms. The van der Waals surface area contributed by atoms with Crippen molar-refractivity contribution in [3.8, 4) is 5.75 Å². The van der Waals surface area contributed by atoms with Crippen LogP contribution in [0.1, 0.15) is 0 Å². The number of fused-ring (bicyclic) bond motifs is 1. The van der Waals surface area contributed by atoms with Crippen LogP contribution in [0.5, 0.6) is 5.75 Å². The van der Waals surface area contributed by atoms with Gasteiger partial charge in [-0.2, -0.15) is 0 Å². The van der Waals surface area contributed by atoms with Crippen LogP contribution in [0.3, 0.4) is 0 Å². The first-order chi connectivity index (χ1) is 7.13. The van der Waals surface area contributed by atoms with E-state index in [4.69, 9.17) is 16.3 Å². The zero-order chi connectivity index (χ0) is 11.0. The molecule has 6 heteroatoms. The second-order valence-electron chi connectivity index (χ2n) is 2.99. The Morgan fingerprint density at radius 3 is 2.93 bits per heavy atom. The highest BCUT2D eigenvalue weighted by molar-refractivity contribution is 6.28. The molecule has 0 aromatic carbocycles. The Morgan fingerprint density at radius 2 is 2.27 bits per heavy atom. The van der Waals surface area contributed by atoms with Crippen molar-refractivity contribution in [1.29, 1.82) is 0 Å². The molecule has 0 unspecified atom stereocenters. The van der Waals surface area contributed by atoms with Gasteiger partial charge in [0.1, 0.15) is 0 Å². The third-order valence-electron chi connectivity index (χ3n) is 2.13. The fourth-order valence-corrected chi connectivity index (χ4v) is 1.48. The van der Waals surface area contributed by atoms with Crippen molar-refractivity contribution in [3.63, 3.8) is 0 Å². The van der Waals surface area contributed by atoms with E-state index in [0.29, 0.717) is 11.0 Å². The highest BCUT2D eigenvalue weighted by Crippen LogP contribution is 2.14. The lowest BCUT2D eigenvalue weighted by Gasteiger charge is -2.06. The van der Waals surface area contributed by atoms with Crippen molar-refractivity contribution in [2.45, 2.75) is 0 Å². The van der Waals surface area contributed by atoms with Crippen molar-refractivity contribution >= 4 is 22.6 Å². The fraction of sp³-hybridized carbons (Fsp3) is 0.222. The molecule has 0 fully saturated rings. The van der Waals surface area contributed by atoms with Gasteiger partial charge in [-0.05, 0) is 11.6 Å². The van der Waals surface area contributed by atoms with Gasteiger partial charge < -0.3 is 9.30 Å². The van der Waals surface area contributed by atoms with E-state index in [1.54, 1.807) is 13.1 Å². The van der Waals surface area contributed by atoms with Gasteiger partial charge in [-0.25, -0.2) is 9.97 Å². The van der Waals surface area contributed by atoms with E-state index < -0.39 is 0 Å². The number of pyridine rings is 1. The highest BCUT2D eigenvalue weighted by Gasteiger charge is 2.08. The Labute approximate surface area is 90.3 Å². The molecule has 0 spiro atoms. The third kappa shape index (κ3) is 1.55. The van der Waals surface area contributed by atoms with Crippen LogP contribution in [0, 0.1) is 0 Å². The largest absolute Gasteiger partial charge is 0.491 e. The van der Waals surface area contributed by atoms with Gasteiger partial charge in [-0.1, -0.05) is 0 Å². The molecule has 0 radical (unpaired) electrons. The summed E-state index contributed by atoms with van der Waals surface area (Å²) in [5, 5.41) is 0.142. The summed E-state index contributed by atoms with van der Waals surface area (Å²) in [7, 11) is 3.07. The minimum atomic E-state index is -0.226. The molecular formula is C9H8ClN3O2. The molecule has 0 saturated carbocycles. The topological polar surface area (TPSA) is 57.0 Å². The van der Waals surface area contributed by atoms with E-state index >= 15 is 0 Å². The Hall–Kier alpha value is -1.62. The van der Waals surface area contributed by atoms with Crippen LogP contribution in [0.2, 0.25) is 5.28 Å². The van der Waals surface area contributed by atoms with Gasteiger partial charge in [-0.15, -0.1) is 0 Å². The van der Waals surface area contributed by atoms with Crippen LogP contribution in [-0.4, -0.2) is 21.6 Å². The molecule has 0 aliphatic heterocycles. The number of hydrogen-bond donors (Lipinski definition) is 0. The first kappa shape index (κ1) is 9.92. The fourth-order valence-electron chi connectivity index (χ4n) is 1.34. The van der Waals surface area contributed by atoms with Crippen LogP contribution >= 0.6 is 11.6 Å². The van der Waals surface area contributed by atoms with Gasteiger partial charge in [0.2, 0.25) is 5.28 Å². The van der Waals surface area contributed by atoms with Crippen LogP contribution in [0.25, 0.3) is 11.0 Å². The van der Waals surface area contributed by atoms with Crippen LogP contribution < -0.4 is 10.3 Å². The smallest absolute Gasteiger partial charge is 0.293 e. The Morgan fingerprint density at radius 1 is 1.53 bits per heavy atom. The maximum absolute atomic E-state index is 11.6. The Balaban J connectivity index is 2.91. The second kappa shape index (κ2) is 3.51. The quantitative estimate of drug-likeness (QED) is 0.680. The Bertz CT molecular complexity index is 579. The second-order valence-corrected chi connectivity index (χ2v) is 3.32. The SMILES string of the molecule is COc1cc2nc(Cl)ncc2n(C)c1=O. The van der Waals surface area contributed by atoms with Gasteiger partial charge in [0.05, 0.1) is 24.3 Å². The lowest BCUT2D eigenvalue weighted by Crippen LogP contribution is -2.19. The normalized spacial score (nSPS) is 10.6. The number of ether oxygens (including phenoxy) is 1. The number of halogens is 1. The number of hydrogen-bond acceptors (Lipinski definition) is 4. The van der Waals surface area contributed by atoms with Gasteiger partial charge in [0, 0.05) is 13.1 Å². The van der Waals surface area contributed by atoms with Crippen molar-refractivity contribution in [2.75, 3.05) is 7.11 Å². The first-order valence-electron chi connectivity index (χ1n) is 4.19. The molecule has 0 aliphatic rings. The molecule has 2 heterocycles. The van der Waals surface area contributed by atoms with E-state index in [-0.39, 0.29) is 16.6 Å². The molecule has 2 aromatic heterocycles. The van der Waals surface area contributed by atoms with E-state index in [1.165, 1.54) is 17.9 Å². The molecule has 0 amide bonds. The van der Waals surface area contributed by atoms with Gasteiger partial charge in [0.15, 0.2) is 5.75 Å². The first-order valence-corrected chi connectivity index (χ1v) is 4.57. The molecule has 5 nitrogen and oxygen atoms in total. The van der Waals surface area contributed by atoms with Crippen molar-refractivity contribution in [3.05, 3.63) is 27.9 Å². The van der Waals surface area contributed by atoms with Crippen molar-refractivity contribution in [2.24, 2.45) is 7.05 Å². The van der Waals surface area contributed by atoms with Crippen LogP contribution in [-0.2, 0) is 7.05 Å². The predicted octanol–water partition coefficient (Wildman–Crippen LogP) is 0.990. The summed E-state index contributed by atoms with van der Waals surface area (Å²) < 4.78 is 6.36. The molecular weight excluding hydrogens is 218 g/mol. The molecule has 78 valence electrons. The molecule has 0 aliphatic carbocycles. The zero-order valence-electron chi connectivity index (χ0n) is 8.19. The van der Waals surface area contributed by atoms with E-state index in [1.807, 2.05) is 0 Å². The minimum Gasteiger partial charge on any atom is -0.491 e. The maximum Gasteiger partial charge on any atom is 0.293 e. The molecule has 0 atom stereocenters. The number of rotatable bonds is 1. The lowest BCUT2D eigenvalue weighted by molar-refractivity contribution is 0.406. The van der Waals surface area contributed by atoms with E-state index in [9.17, 15) is 4.79 Å². The molecule has 2 rings (SSSR count). The number of nitrogens with zero attached hydrogens (tertiary/aromatic N) is 3. The average Bonchev–Trinajstić information content (AvgIpc) is 2.23. The summed E-state index contributed by atoms with van der Waals surface area (Å²) in [6.45, 7) is 0. The highest BCUT2D eigenvalue weighted by atomic mass is 35.5. The van der Waals surface area contributed by atoms with Crippen molar-refractivity contribution in [1.82, 2.24) is 14.5 Å². The summed E-state index contributed by atoms with van der Waals surface area (Å²) in [4.78, 5) is 19.5. The third-order valence-corrected chi connectivity index (χ3v) is 2.32. The summed E-state index contributed by atoms with van der Waals surface area (Å²) in [5.74, 6) is 0.236. The van der Waals surface area contributed by atoms with Crippen LogP contribution in [0.15, 0.2) is 17.1 Å². The molecule has 2 aromatic rings. The lowest BCUT2D eigenvalue weighted by atomic mass is 10.3. The summed E-state index contributed by atoms with van der Waals surface area (Å²) >= 11 is 5.66. The zero-order valence-corrected chi connectivity index (χ0v) is 8.95. The molecule has 15 heavy (non-hydrogen) atoms. The Kier molecular flexibility index (Phi) is 2.32. The monoisotopic (exact) mass is 225 g/mol. The molecule has 0 N–H and O–H groups in total. The predicted molar refractivity (Wildman–Crippen MR) is 56.3 cm³/mol. The van der Waals surface area contributed by atoms with Crippen LogP contribution in [0.4, 0.5) is 0 Å². The summed E-state index contributed by atoms with van der Waals surface area (Å²) in [6, 6.07) is 1.55.